The molecule has 0 aromatic carbocycles. The van der Waals surface area contributed by atoms with Gasteiger partial charge < -0.3 is 15.8 Å². The molecule has 0 aromatic heterocycles. The summed E-state index contributed by atoms with van der Waals surface area (Å²) in [4.78, 5) is 11.2. The standard InChI is InChI=1S/C10H20N2O2.ClH/c1-10(2,3)14-9(13)12-6-8-4-7(8)5-11;/h7-8H,4-6,11H2,1-3H3,(H,12,13);1H/t7-,8+;/m1./s1. The van der Waals surface area contributed by atoms with Crippen LogP contribution in [0.2, 0.25) is 0 Å². The molecule has 90 valence electrons. The molecule has 1 aliphatic rings. The largest absolute Gasteiger partial charge is 0.444 e. The Labute approximate surface area is 97.3 Å². The summed E-state index contributed by atoms with van der Waals surface area (Å²) in [5.74, 6) is 1.16. The van der Waals surface area contributed by atoms with Crippen LogP contribution in [0.1, 0.15) is 27.2 Å². The van der Waals surface area contributed by atoms with Crippen LogP contribution in [-0.4, -0.2) is 24.8 Å². The van der Waals surface area contributed by atoms with Crippen LogP contribution >= 0.6 is 12.4 Å². The Kier molecular flexibility index (Phi) is 5.38. The van der Waals surface area contributed by atoms with E-state index in [4.69, 9.17) is 10.5 Å². The molecule has 15 heavy (non-hydrogen) atoms. The number of alkyl carbamates (subject to hydrolysis) is 1. The molecule has 1 fully saturated rings. The van der Waals surface area contributed by atoms with Crippen molar-refractivity contribution < 1.29 is 9.53 Å². The highest BCUT2D eigenvalue weighted by molar-refractivity contribution is 5.85. The number of hydrogen-bond donors (Lipinski definition) is 2. The van der Waals surface area contributed by atoms with E-state index in [1.54, 1.807) is 0 Å². The van der Waals surface area contributed by atoms with Gasteiger partial charge in [0.15, 0.2) is 0 Å². The van der Waals surface area contributed by atoms with Gasteiger partial charge in [-0.2, -0.15) is 0 Å². The summed E-state index contributed by atoms with van der Waals surface area (Å²) in [6.07, 6.45) is 0.798. The number of nitrogens with one attached hydrogen (secondary N) is 1. The van der Waals surface area contributed by atoms with Crippen LogP contribution in [0.25, 0.3) is 0 Å². The molecule has 1 saturated carbocycles. The van der Waals surface area contributed by atoms with Gasteiger partial charge in [-0.3, -0.25) is 0 Å². The molecule has 3 N–H and O–H groups in total. The number of halogens is 1. The van der Waals surface area contributed by atoms with Gasteiger partial charge in [0.05, 0.1) is 0 Å². The fraction of sp³-hybridized carbons (Fsp3) is 0.900. The molecular formula is C10H21ClN2O2. The number of carbonyl (C=O) groups is 1. The van der Waals surface area contributed by atoms with Crippen molar-refractivity contribution >= 4 is 18.5 Å². The predicted molar refractivity (Wildman–Crippen MR) is 62.1 cm³/mol. The lowest BCUT2D eigenvalue weighted by molar-refractivity contribution is 0.0524. The van der Waals surface area contributed by atoms with Crippen molar-refractivity contribution in [2.75, 3.05) is 13.1 Å². The molecule has 0 bridgehead atoms. The van der Waals surface area contributed by atoms with Gasteiger partial charge in [0.25, 0.3) is 0 Å². The second-order valence-corrected chi connectivity index (χ2v) is 4.87. The molecule has 0 radical (unpaired) electrons. The zero-order valence-corrected chi connectivity index (χ0v) is 10.4. The van der Waals surface area contributed by atoms with Crippen LogP contribution < -0.4 is 11.1 Å². The molecule has 1 aliphatic carbocycles. The average Bonchev–Trinajstić information content (AvgIpc) is 2.76. The quantitative estimate of drug-likeness (QED) is 0.781. The van der Waals surface area contributed by atoms with Crippen LogP contribution in [0.3, 0.4) is 0 Å². The monoisotopic (exact) mass is 236 g/mol. The maximum absolute atomic E-state index is 11.2. The molecule has 0 saturated heterocycles. The van der Waals surface area contributed by atoms with Crippen molar-refractivity contribution in [3.8, 4) is 0 Å². The highest BCUT2D eigenvalue weighted by Crippen LogP contribution is 2.36. The third kappa shape index (κ3) is 5.85. The van der Waals surface area contributed by atoms with Crippen LogP contribution in [0.15, 0.2) is 0 Å². The number of rotatable bonds is 3. The van der Waals surface area contributed by atoms with Crippen LogP contribution in [0, 0.1) is 11.8 Å². The third-order valence-corrected chi connectivity index (χ3v) is 2.28. The Morgan fingerprint density at radius 3 is 2.47 bits per heavy atom. The second-order valence-electron chi connectivity index (χ2n) is 4.87. The smallest absolute Gasteiger partial charge is 0.407 e. The SMILES string of the molecule is CC(C)(C)OC(=O)NC[C@@H]1C[C@@H]1CN.Cl. The van der Waals surface area contributed by atoms with Crippen molar-refractivity contribution in [2.24, 2.45) is 17.6 Å². The summed E-state index contributed by atoms with van der Waals surface area (Å²) in [6, 6.07) is 0. The summed E-state index contributed by atoms with van der Waals surface area (Å²) in [5, 5.41) is 2.75. The number of carbonyl (C=O) groups excluding carboxylic acids is 1. The van der Waals surface area contributed by atoms with Crippen LogP contribution in [0.4, 0.5) is 4.79 Å². The third-order valence-electron chi connectivity index (χ3n) is 2.28. The Bertz CT molecular complexity index is 216. The highest BCUT2D eigenvalue weighted by Gasteiger charge is 2.35. The highest BCUT2D eigenvalue weighted by atomic mass is 35.5. The van der Waals surface area contributed by atoms with E-state index in [9.17, 15) is 4.79 Å². The van der Waals surface area contributed by atoms with E-state index in [0.717, 1.165) is 13.0 Å². The van der Waals surface area contributed by atoms with Gasteiger partial charge in [-0.1, -0.05) is 0 Å². The molecule has 0 spiro atoms. The summed E-state index contributed by atoms with van der Waals surface area (Å²) in [6.45, 7) is 6.97. The second kappa shape index (κ2) is 5.56. The van der Waals surface area contributed by atoms with E-state index in [1.165, 1.54) is 0 Å². The fourth-order valence-corrected chi connectivity index (χ4v) is 1.38. The van der Waals surface area contributed by atoms with E-state index in [1.807, 2.05) is 20.8 Å². The molecule has 1 amide bonds. The summed E-state index contributed by atoms with van der Waals surface area (Å²) in [7, 11) is 0. The van der Waals surface area contributed by atoms with E-state index in [-0.39, 0.29) is 18.5 Å². The Morgan fingerprint density at radius 1 is 1.47 bits per heavy atom. The predicted octanol–water partition coefficient (Wildman–Crippen LogP) is 1.53. The lowest BCUT2D eigenvalue weighted by Crippen LogP contribution is -2.33. The fourth-order valence-electron chi connectivity index (χ4n) is 1.38. The molecule has 0 aromatic rings. The topological polar surface area (TPSA) is 64.3 Å². The van der Waals surface area contributed by atoms with E-state index < -0.39 is 5.60 Å². The minimum Gasteiger partial charge on any atom is -0.444 e. The van der Waals surface area contributed by atoms with Crippen molar-refractivity contribution in [3.05, 3.63) is 0 Å². The van der Waals surface area contributed by atoms with Gasteiger partial charge in [0.2, 0.25) is 0 Å². The van der Waals surface area contributed by atoms with Gasteiger partial charge in [0.1, 0.15) is 5.60 Å². The molecule has 0 unspecified atom stereocenters. The van der Waals surface area contributed by atoms with E-state index in [2.05, 4.69) is 5.32 Å². The van der Waals surface area contributed by atoms with Crippen molar-refractivity contribution in [3.63, 3.8) is 0 Å². The average molecular weight is 237 g/mol. The first-order valence-corrected chi connectivity index (χ1v) is 5.09. The summed E-state index contributed by atoms with van der Waals surface area (Å²) < 4.78 is 5.10. The van der Waals surface area contributed by atoms with Gasteiger partial charge in [-0.05, 0) is 45.6 Å². The van der Waals surface area contributed by atoms with Crippen molar-refractivity contribution in [1.29, 1.82) is 0 Å². The lowest BCUT2D eigenvalue weighted by Gasteiger charge is -2.19. The summed E-state index contributed by atoms with van der Waals surface area (Å²) >= 11 is 0. The molecule has 1 rings (SSSR count). The van der Waals surface area contributed by atoms with Gasteiger partial charge in [0, 0.05) is 6.54 Å². The summed E-state index contributed by atoms with van der Waals surface area (Å²) in [5.41, 5.74) is 5.07. The number of amides is 1. The number of nitrogens with two attached hydrogens (primary N) is 1. The van der Waals surface area contributed by atoms with E-state index >= 15 is 0 Å². The van der Waals surface area contributed by atoms with Crippen LogP contribution in [0.5, 0.6) is 0 Å². The minimum absolute atomic E-state index is 0. The van der Waals surface area contributed by atoms with Crippen molar-refractivity contribution in [2.45, 2.75) is 32.8 Å². The number of ether oxygens (including phenoxy) is 1. The first-order valence-electron chi connectivity index (χ1n) is 5.09. The van der Waals surface area contributed by atoms with E-state index in [0.29, 0.717) is 18.4 Å². The first-order chi connectivity index (χ1) is 6.42. The molecule has 0 aliphatic heterocycles. The zero-order valence-electron chi connectivity index (χ0n) is 9.58. The minimum atomic E-state index is -0.416. The van der Waals surface area contributed by atoms with Gasteiger partial charge >= 0.3 is 6.09 Å². The molecule has 2 atom stereocenters. The maximum atomic E-state index is 11.2. The first kappa shape index (κ1) is 14.5. The maximum Gasteiger partial charge on any atom is 0.407 e. The molecule has 4 nitrogen and oxygen atoms in total. The molecule has 5 heteroatoms. The zero-order chi connectivity index (χ0) is 10.8. The lowest BCUT2D eigenvalue weighted by atomic mass is 10.2. The number of hydrogen-bond acceptors (Lipinski definition) is 3. The normalized spacial score (nSPS) is 24.0. The Morgan fingerprint density at radius 2 is 2.07 bits per heavy atom. The Balaban J connectivity index is 0.00000196. The van der Waals surface area contributed by atoms with Crippen LogP contribution in [-0.2, 0) is 4.74 Å². The van der Waals surface area contributed by atoms with Gasteiger partial charge in [-0.25, -0.2) is 4.79 Å². The van der Waals surface area contributed by atoms with Gasteiger partial charge in [-0.15, -0.1) is 12.4 Å². The molecular weight excluding hydrogens is 216 g/mol. The van der Waals surface area contributed by atoms with Crippen molar-refractivity contribution in [1.82, 2.24) is 5.32 Å². The Hall–Kier alpha value is -0.480. The molecule has 0 heterocycles.